The van der Waals surface area contributed by atoms with Gasteiger partial charge in [0.1, 0.15) is 12.1 Å². The van der Waals surface area contributed by atoms with Crippen LogP contribution >= 0.6 is 7.82 Å². The van der Waals surface area contributed by atoms with Crippen LogP contribution in [-0.2, 0) is 23.5 Å². The molecule has 0 bridgehead atoms. The molecule has 1 heterocycles. The maximum absolute atomic E-state index is 12.5. The zero-order chi connectivity index (χ0) is 17.1. The molecule has 0 aromatic carbocycles. The van der Waals surface area contributed by atoms with Crippen molar-refractivity contribution in [3.8, 4) is 0 Å². The van der Waals surface area contributed by atoms with Gasteiger partial charge in [-0.25, -0.2) is 4.57 Å². The second-order valence-corrected chi connectivity index (χ2v) is 6.26. The van der Waals surface area contributed by atoms with Gasteiger partial charge in [0.2, 0.25) is 17.7 Å². The average Bonchev–Trinajstić information content (AvgIpc) is 2.81. The lowest BCUT2D eigenvalue weighted by atomic mass is 10.1. The van der Waals surface area contributed by atoms with E-state index in [1.807, 2.05) is 0 Å². The number of primary amides is 1. The Kier molecular flexibility index (Phi) is 6.07. The van der Waals surface area contributed by atoms with Gasteiger partial charge in [0.25, 0.3) is 0 Å². The molecule has 1 saturated heterocycles. The second-order valence-electron chi connectivity index (χ2n) is 5.07. The zero-order valence-electron chi connectivity index (χ0n) is 12.3. The van der Waals surface area contributed by atoms with Crippen LogP contribution in [0.25, 0.3) is 0 Å². The number of likely N-dealkylation sites (tertiary alicyclic amines) is 1. The van der Waals surface area contributed by atoms with Crippen molar-refractivity contribution in [2.45, 2.75) is 44.9 Å². The molecule has 0 unspecified atom stereocenters. The summed E-state index contributed by atoms with van der Waals surface area (Å²) in [5, 5.41) is 2.29. The third-order valence-electron chi connectivity index (χ3n) is 3.26. The fraction of sp³-hybridized carbons (Fsp3) is 0.727. The van der Waals surface area contributed by atoms with E-state index in [9.17, 15) is 18.9 Å². The molecule has 1 fully saturated rings. The van der Waals surface area contributed by atoms with Gasteiger partial charge in [-0.15, -0.1) is 0 Å². The van der Waals surface area contributed by atoms with Crippen LogP contribution in [0.3, 0.4) is 0 Å². The molecular formula is C11H20N3O7P. The molecule has 0 aromatic rings. The van der Waals surface area contributed by atoms with Crippen molar-refractivity contribution in [3.63, 3.8) is 0 Å². The fourth-order valence-electron chi connectivity index (χ4n) is 2.38. The summed E-state index contributed by atoms with van der Waals surface area (Å²) < 4.78 is 15.4. The standard InChI is InChI=1S/C11H20N3O7P/c1-6(21-22(18,19)20)9(13-7(2)15)11(17)14-5-3-4-8(14)10(12)16/h6,8-9H,3-5H2,1-2H3,(H2,12,16)(H,13,15)(H2,18,19,20)/t6-,8-,9+/m1/s1. The number of hydrogen-bond acceptors (Lipinski definition) is 5. The minimum atomic E-state index is -4.84. The summed E-state index contributed by atoms with van der Waals surface area (Å²) in [7, 11) is -4.84. The summed E-state index contributed by atoms with van der Waals surface area (Å²) in [6.45, 7) is 2.66. The molecule has 3 amide bonds. The minimum absolute atomic E-state index is 0.269. The van der Waals surface area contributed by atoms with Gasteiger partial charge in [-0.1, -0.05) is 0 Å². The molecule has 0 aromatic heterocycles. The highest BCUT2D eigenvalue weighted by Crippen LogP contribution is 2.38. The second kappa shape index (κ2) is 7.19. The molecule has 10 nitrogen and oxygen atoms in total. The number of nitrogens with zero attached hydrogens (tertiary/aromatic N) is 1. The largest absolute Gasteiger partial charge is 0.469 e. The number of carbonyl (C=O) groups excluding carboxylic acids is 3. The molecule has 126 valence electrons. The van der Waals surface area contributed by atoms with Gasteiger partial charge in [-0.2, -0.15) is 0 Å². The van der Waals surface area contributed by atoms with E-state index in [0.717, 1.165) is 6.92 Å². The summed E-state index contributed by atoms with van der Waals surface area (Å²) in [6, 6.07) is -2.13. The van der Waals surface area contributed by atoms with Crippen molar-refractivity contribution in [1.82, 2.24) is 10.2 Å². The van der Waals surface area contributed by atoms with Crippen LogP contribution in [0.1, 0.15) is 26.7 Å². The van der Waals surface area contributed by atoms with Crippen molar-refractivity contribution >= 4 is 25.5 Å². The zero-order valence-corrected chi connectivity index (χ0v) is 13.2. The lowest BCUT2D eigenvalue weighted by molar-refractivity contribution is -0.142. The van der Waals surface area contributed by atoms with Crippen molar-refractivity contribution in [3.05, 3.63) is 0 Å². The molecular weight excluding hydrogens is 317 g/mol. The van der Waals surface area contributed by atoms with Gasteiger partial charge in [-0.05, 0) is 19.8 Å². The Balaban J connectivity index is 2.95. The molecule has 0 saturated carbocycles. The number of hydrogen-bond donors (Lipinski definition) is 4. The van der Waals surface area contributed by atoms with Crippen LogP contribution in [0.2, 0.25) is 0 Å². The first-order valence-electron chi connectivity index (χ1n) is 6.63. The first-order valence-corrected chi connectivity index (χ1v) is 8.17. The molecule has 1 aliphatic rings. The monoisotopic (exact) mass is 337 g/mol. The van der Waals surface area contributed by atoms with Gasteiger partial charge in [0.05, 0.1) is 6.10 Å². The molecule has 0 spiro atoms. The van der Waals surface area contributed by atoms with Crippen LogP contribution in [-0.4, -0.2) is 57.1 Å². The van der Waals surface area contributed by atoms with Crippen molar-refractivity contribution < 1.29 is 33.3 Å². The summed E-state index contributed by atoms with van der Waals surface area (Å²) in [5.41, 5.74) is 5.23. The smallest absolute Gasteiger partial charge is 0.368 e. The summed E-state index contributed by atoms with van der Waals surface area (Å²) in [5.74, 6) is -1.91. The Bertz CT molecular complexity index is 506. The van der Waals surface area contributed by atoms with Gasteiger partial charge in [0.15, 0.2) is 0 Å². The normalized spacial score (nSPS) is 21.3. The predicted molar refractivity (Wildman–Crippen MR) is 74.1 cm³/mol. The number of phosphoric acid groups is 1. The molecule has 0 radical (unpaired) electrons. The molecule has 0 aliphatic carbocycles. The average molecular weight is 337 g/mol. The van der Waals surface area contributed by atoms with E-state index in [-0.39, 0.29) is 6.54 Å². The Labute approximate surface area is 127 Å². The highest BCUT2D eigenvalue weighted by molar-refractivity contribution is 7.46. The van der Waals surface area contributed by atoms with Crippen LogP contribution in [0, 0.1) is 0 Å². The van der Waals surface area contributed by atoms with Crippen molar-refractivity contribution in [1.29, 1.82) is 0 Å². The molecule has 5 N–H and O–H groups in total. The van der Waals surface area contributed by atoms with Crippen molar-refractivity contribution in [2.24, 2.45) is 5.73 Å². The van der Waals surface area contributed by atoms with E-state index < -0.39 is 43.7 Å². The minimum Gasteiger partial charge on any atom is -0.368 e. The van der Waals surface area contributed by atoms with E-state index in [1.165, 1.54) is 11.8 Å². The molecule has 1 aliphatic heterocycles. The van der Waals surface area contributed by atoms with Gasteiger partial charge >= 0.3 is 7.82 Å². The number of phosphoric ester groups is 1. The van der Waals surface area contributed by atoms with Crippen LogP contribution < -0.4 is 11.1 Å². The lowest BCUT2D eigenvalue weighted by Gasteiger charge is -2.30. The number of nitrogens with one attached hydrogen (secondary N) is 1. The first-order chi connectivity index (χ1) is 10.0. The Morgan fingerprint density at radius 2 is 2.00 bits per heavy atom. The van der Waals surface area contributed by atoms with E-state index in [4.69, 9.17) is 15.5 Å². The number of rotatable bonds is 6. The summed E-state index contributed by atoms with van der Waals surface area (Å²) in [6.07, 6.45) is -0.312. The van der Waals surface area contributed by atoms with E-state index >= 15 is 0 Å². The third-order valence-corrected chi connectivity index (χ3v) is 3.87. The summed E-state index contributed by atoms with van der Waals surface area (Å²) >= 11 is 0. The summed E-state index contributed by atoms with van der Waals surface area (Å²) in [4.78, 5) is 53.9. The van der Waals surface area contributed by atoms with Crippen LogP contribution in [0.15, 0.2) is 0 Å². The van der Waals surface area contributed by atoms with Crippen LogP contribution in [0.5, 0.6) is 0 Å². The van der Waals surface area contributed by atoms with E-state index in [0.29, 0.717) is 12.8 Å². The van der Waals surface area contributed by atoms with E-state index in [2.05, 4.69) is 9.84 Å². The molecule has 3 atom stereocenters. The molecule has 1 rings (SSSR count). The Hall–Kier alpha value is -1.48. The first kappa shape index (κ1) is 18.6. The highest BCUT2D eigenvalue weighted by Gasteiger charge is 2.40. The van der Waals surface area contributed by atoms with Gasteiger partial charge in [0, 0.05) is 13.5 Å². The topological polar surface area (TPSA) is 159 Å². The van der Waals surface area contributed by atoms with Crippen LogP contribution in [0.4, 0.5) is 0 Å². The fourth-order valence-corrected chi connectivity index (χ4v) is 2.94. The third kappa shape index (κ3) is 5.06. The molecule has 22 heavy (non-hydrogen) atoms. The van der Waals surface area contributed by atoms with Gasteiger partial charge < -0.3 is 25.7 Å². The van der Waals surface area contributed by atoms with E-state index in [1.54, 1.807) is 0 Å². The van der Waals surface area contributed by atoms with Crippen molar-refractivity contribution in [2.75, 3.05) is 6.54 Å². The Morgan fingerprint density at radius 3 is 2.45 bits per heavy atom. The maximum Gasteiger partial charge on any atom is 0.469 e. The molecule has 11 heteroatoms. The maximum atomic E-state index is 12.5. The SMILES string of the molecule is CC(=O)N[C@H](C(=O)N1CCC[C@@H]1C(N)=O)[C@@H](C)OP(=O)(O)O. The number of nitrogens with two attached hydrogens (primary N) is 1. The number of amides is 3. The predicted octanol–water partition coefficient (Wildman–Crippen LogP) is -1.53. The number of carbonyl (C=O) groups is 3. The quantitative estimate of drug-likeness (QED) is 0.428. The Morgan fingerprint density at radius 1 is 1.41 bits per heavy atom. The highest BCUT2D eigenvalue weighted by atomic mass is 31.2. The lowest BCUT2D eigenvalue weighted by Crippen LogP contribution is -2.56. The van der Waals surface area contributed by atoms with Gasteiger partial charge in [-0.3, -0.25) is 18.9 Å².